The number of aryl methyl sites for hydroxylation is 1. The third-order valence-corrected chi connectivity index (χ3v) is 4.90. The summed E-state index contributed by atoms with van der Waals surface area (Å²) in [5.41, 5.74) is 1.35. The number of ketones is 1. The van der Waals surface area contributed by atoms with Crippen molar-refractivity contribution in [3.63, 3.8) is 0 Å². The van der Waals surface area contributed by atoms with Crippen molar-refractivity contribution in [2.45, 2.75) is 84.5 Å². The van der Waals surface area contributed by atoms with Gasteiger partial charge < -0.3 is 0 Å². The van der Waals surface area contributed by atoms with Crippen LogP contribution >= 0.6 is 11.3 Å². The molecule has 0 aliphatic rings. The monoisotopic (exact) mass is 294 g/mol. The highest BCUT2D eigenvalue weighted by atomic mass is 32.1. The summed E-state index contributed by atoms with van der Waals surface area (Å²) in [4.78, 5) is 12.1. The highest BCUT2D eigenvalue weighted by molar-refractivity contribution is 7.12. The Balaban J connectivity index is 1.93. The molecule has 114 valence electrons. The van der Waals surface area contributed by atoms with Crippen molar-refractivity contribution in [1.82, 2.24) is 0 Å². The van der Waals surface area contributed by atoms with Crippen molar-refractivity contribution in [1.29, 1.82) is 0 Å². The van der Waals surface area contributed by atoms with Gasteiger partial charge in [-0.05, 0) is 36.8 Å². The highest BCUT2D eigenvalue weighted by Gasteiger charge is 2.03. The summed E-state index contributed by atoms with van der Waals surface area (Å²) in [6.07, 6.45) is 14.9. The predicted molar refractivity (Wildman–Crippen MR) is 89.9 cm³/mol. The molecule has 0 spiro atoms. The lowest BCUT2D eigenvalue weighted by atomic mass is 10.0. The first kappa shape index (κ1) is 17.4. The molecule has 0 aliphatic carbocycles. The second kappa shape index (κ2) is 11.1. The normalized spacial score (nSPS) is 10.9. The Morgan fingerprint density at radius 1 is 0.950 bits per heavy atom. The molecule has 1 rings (SSSR count). The first-order valence-corrected chi connectivity index (χ1v) is 9.20. The molecule has 0 atom stereocenters. The molecule has 0 N–H and O–H groups in total. The van der Waals surface area contributed by atoms with Gasteiger partial charge in [0.15, 0.2) is 5.78 Å². The number of Topliss-reactive ketones (excluding diaryl/α,β-unsaturated/α-hetero) is 1. The maximum atomic E-state index is 11.2. The minimum absolute atomic E-state index is 0.198. The van der Waals surface area contributed by atoms with Crippen molar-refractivity contribution < 1.29 is 4.79 Å². The fourth-order valence-electron chi connectivity index (χ4n) is 2.51. The van der Waals surface area contributed by atoms with Crippen molar-refractivity contribution in [3.05, 3.63) is 21.9 Å². The van der Waals surface area contributed by atoms with Crippen LogP contribution in [0.4, 0.5) is 0 Å². The maximum Gasteiger partial charge on any atom is 0.169 e. The van der Waals surface area contributed by atoms with Crippen LogP contribution in [-0.4, -0.2) is 5.78 Å². The van der Waals surface area contributed by atoms with E-state index in [1.165, 1.54) is 69.8 Å². The van der Waals surface area contributed by atoms with Crippen LogP contribution in [0.2, 0.25) is 0 Å². The molecule has 2 heteroatoms. The number of thiophene rings is 1. The van der Waals surface area contributed by atoms with E-state index in [2.05, 4.69) is 18.4 Å². The highest BCUT2D eigenvalue weighted by Crippen LogP contribution is 2.18. The number of rotatable bonds is 12. The van der Waals surface area contributed by atoms with Crippen LogP contribution in [0.25, 0.3) is 0 Å². The van der Waals surface area contributed by atoms with Crippen LogP contribution < -0.4 is 0 Å². The number of hydrogen-bond donors (Lipinski definition) is 0. The predicted octanol–water partition coefficient (Wildman–Crippen LogP) is 6.41. The van der Waals surface area contributed by atoms with E-state index in [1.54, 1.807) is 18.3 Å². The molecule has 20 heavy (non-hydrogen) atoms. The van der Waals surface area contributed by atoms with E-state index in [0.717, 1.165) is 11.3 Å². The average molecular weight is 295 g/mol. The quantitative estimate of drug-likeness (QED) is 0.321. The molecule has 0 saturated heterocycles. The Morgan fingerprint density at radius 3 is 2.00 bits per heavy atom. The van der Waals surface area contributed by atoms with Gasteiger partial charge in [0.2, 0.25) is 0 Å². The van der Waals surface area contributed by atoms with E-state index in [9.17, 15) is 4.79 Å². The summed E-state index contributed by atoms with van der Waals surface area (Å²) in [6, 6.07) is 2.07. The van der Waals surface area contributed by atoms with Gasteiger partial charge in [-0.25, -0.2) is 0 Å². The summed E-state index contributed by atoms with van der Waals surface area (Å²) >= 11 is 1.59. The number of carbonyl (C=O) groups excluding carboxylic acids is 1. The fraction of sp³-hybridized carbons (Fsp3) is 0.722. The molecule has 0 unspecified atom stereocenters. The summed E-state index contributed by atoms with van der Waals surface area (Å²) < 4.78 is 0. The Kier molecular flexibility index (Phi) is 9.65. The molecule has 0 amide bonds. The van der Waals surface area contributed by atoms with E-state index in [0.29, 0.717) is 0 Å². The molecule has 1 nitrogen and oxygen atoms in total. The van der Waals surface area contributed by atoms with Gasteiger partial charge in [0.05, 0.1) is 4.88 Å². The van der Waals surface area contributed by atoms with Gasteiger partial charge in [-0.3, -0.25) is 4.79 Å². The Labute approximate surface area is 128 Å². The van der Waals surface area contributed by atoms with Crippen LogP contribution in [-0.2, 0) is 6.42 Å². The minimum atomic E-state index is 0.198. The van der Waals surface area contributed by atoms with Gasteiger partial charge in [-0.2, -0.15) is 0 Å². The SMILES string of the molecule is CCCCCCCCCCCCc1csc(C(C)=O)c1. The zero-order valence-electron chi connectivity index (χ0n) is 13.2. The van der Waals surface area contributed by atoms with Crippen molar-refractivity contribution in [2.75, 3.05) is 0 Å². The minimum Gasteiger partial charge on any atom is -0.294 e. The lowest BCUT2D eigenvalue weighted by Crippen LogP contribution is -1.87. The van der Waals surface area contributed by atoms with Gasteiger partial charge in [0.25, 0.3) is 0 Å². The van der Waals surface area contributed by atoms with Crippen molar-refractivity contribution in [3.8, 4) is 0 Å². The van der Waals surface area contributed by atoms with Crippen LogP contribution in [0.5, 0.6) is 0 Å². The molecular formula is C18H30OS. The fourth-order valence-corrected chi connectivity index (χ4v) is 3.36. The summed E-state index contributed by atoms with van der Waals surface area (Å²) in [5.74, 6) is 0.198. The van der Waals surface area contributed by atoms with Crippen LogP contribution in [0.3, 0.4) is 0 Å². The molecular weight excluding hydrogens is 264 g/mol. The standard InChI is InChI=1S/C18H30OS/c1-3-4-5-6-7-8-9-10-11-12-13-17-14-18(16(2)19)20-15-17/h14-15H,3-13H2,1-2H3. The van der Waals surface area contributed by atoms with Gasteiger partial charge >= 0.3 is 0 Å². The number of carbonyl (C=O) groups is 1. The van der Waals surface area contributed by atoms with Crippen molar-refractivity contribution >= 4 is 17.1 Å². The van der Waals surface area contributed by atoms with Crippen LogP contribution in [0.1, 0.15) is 93.3 Å². The molecule has 0 fully saturated rings. The summed E-state index contributed by atoms with van der Waals surface area (Å²) in [6.45, 7) is 3.92. The van der Waals surface area contributed by atoms with Gasteiger partial charge in [0, 0.05) is 0 Å². The van der Waals surface area contributed by atoms with Gasteiger partial charge in [-0.15, -0.1) is 11.3 Å². The zero-order valence-corrected chi connectivity index (χ0v) is 14.1. The lowest BCUT2D eigenvalue weighted by molar-refractivity contribution is 0.102. The third-order valence-electron chi connectivity index (χ3n) is 3.82. The average Bonchev–Trinajstić information content (AvgIpc) is 2.90. The largest absolute Gasteiger partial charge is 0.294 e. The van der Waals surface area contributed by atoms with Gasteiger partial charge in [-0.1, -0.05) is 64.7 Å². The smallest absolute Gasteiger partial charge is 0.169 e. The first-order chi connectivity index (χ1) is 9.74. The topological polar surface area (TPSA) is 17.1 Å². The molecule has 0 saturated carbocycles. The zero-order chi connectivity index (χ0) is 14.6. The molecule has 0 aliphatic heterocycles. The number of hydrogen-bond acceptors (Lipinski definition) is 2. The van der Waals surface area contributed by atoms with E-state index >= 15 is 0 Å². The van der Waals surface area contributed by atoms with Crippen molar-refractivity contribution in [2.24, 2.45) is 0 Å². The second-order valence-corrected chi connectivity index (χ2v) is 6.72. The summed E-state index contributed by atoms with van der Waals surface area (Å²) in [7, 11) is 0. The second-order valence-electron chi connectivity index (χ2n) is 5.81. The van der Waals surface area contributed by atoms with Crippen LogP contribution in [0.15, 0.2) is 11.4 Å². The van der Waals surface area contributed by atoms with Crippen LogP contribution in [0, 0.1) is 0 Å². The van der Waals surface area contributed by atoms with E-state index in [-0.39, 0.29) is 5.78 Å². The molecule has 0 bridgehead atoms. The maximum absolute atomic E-state index is 11.2. The van der Waals surface area contributed by atoms with E-state index in [4.69, 9.17) is 0 Å². The first-order valence-electron chi connectivity index (χ1n) is 8.32. The summed E-state index contributed by atoms with van der Waals surface area (Å²) in [5, 5.41) is 2.14. The lowest BCUT2D eigenvalue weighted by Gasteiger charge is -2.02. The molecule has 0 aromatic carbocycles. The Bertz CT molecular complexity index is 367. The number of unbranched alkanes of at least 4 members (excludes halogenated alkanes) is 9. The Hall–Kier alpha value is -0.630. The van der Waals surface area contributed by atoms with E-state index < -0.39 is 0 Å². The Morgan fingerprint density at radius 2 is 1.50 bits per heavy atom. The molecule has 1 heterocycles. The molecule has 1 aromatic heterocycles. The van der Waals surface area contributed by atoms with E-state index in [1.807, 2.05) is 0 Å². The third kappa shape index (κ3) is 7.84. The molecule has 1 aromatic rings. The van der Waals surface area contributed by atoms with Gasteiger partial charge in [0.1, 0.15) is 0 Å². The molecule has 0 radical (unpaired) electrons.